The van der Waals surface area contributed by atoms with E-state index in [2.05, 4.69) is 4.98 Å². The lowest BCUT2D eigenvalue weighted by Crippen LogP contribution is -2.45. The number of likely N-dealkylation sites (tertiary alicyclic amines) is 1. The number of nitrogens with zero attached hydrogens (tertiary/aromatic N) is 2. The van der Waals surface area contributed by atoms with Gasteiger partial charge in [-0.25, -0.2) is 4.79 Å². The van der Waals surface area contributed by atoms with Crippen molar-refractivity contribution in [1.82, 2.24) is 14.5 Å². The number of rotatable bonds is 2. The van der Waals surface area contributed by atoms with E-state index in [1.807, 2.05) is 58.0 Å². The van der Waals surface area contributed by atoms with Gasteiger partial charge in [-0.3, -0.25) is 9.36 Å². The summed E-state index contributed by atoms with van der Waals surface area (Å²) in [5.74, 6) is 0.936. The van der Waals surface area contributed by atoms with Crippen molar-refractivity contribution in [2.24, 2.45) is 5.92 Å². The number of aromatic nitrogens is 2. The standard InChI is InChI=1S/C22H23N3O3/c26-21(16-13-15-5-1-4-8-20(15)28-14-16)24-11-9-17(10-12-24)25-19-7-3-2-6-18(19)23-22(25)27/h1-8,16-17H,9-14H2,(H,23,27). The van der Waals surface area contributed by atoms with Crippen molar-refractivity contribution in [2.75, 3.05) is 19.7 Å². The number of ether oxygens (including phenoxy) is 1. The molecule has 1 fully saturated rings. The topological polar surface area (TPSA) is 67.3 Å². The van der Waals surface area contributed by atoms with Crippen molar-refractivity contribution in [3.63, 3.8) is 0 Å². The maximum atomic E-state index is 13.0. The molecule has 2 aliphatic rings. The van der Waals surface area contributed by atoms with Crippen LogP contribution in [-0.4, -0.2) is 40.1 Å². The summed E-state index contributed by atoms with van der Waals surface area (Å²) < 4.78 is 7.65. The quantitative estimate of drug-likeness (QED) is 0.747. The van der Waals surface area contributed by atoms with E-state index in [0.717, 1.165) is 41.6 Å². The number of amides is 1. The summed E-state index contributed by atoms with van der Waals surface area (Å²) in [6, 6.07) is 15.8. The number of benzene rings is 2. The fourth-order valence-corrected chi connectivity index (χ4v) is 4.53. The lowest BCUT2D eigenvalue weighted by atomic mass is 9.94. The molecule has 2 aromatic carbocycles. The monoisotopic (exact) mass is 377 g/mol. The number of piperidine rings is 1. The van der Waals surface area contributed by atoms with E-state index in [0.29, 0.717) is 19.7 Å². The van der Waals surface area contributed by atoms with E-state index in [4.69, 9.17) is 4.74 Å². The predicted octanol–water partition coefficient (Wildman–Crippen LogP) is 2.74. The first kappa shape index (κ1) is 17.1. The van der Waals surface area contributed by atoms with Gasteiger partial charge in [-0.05, 0) is 43.0 Å². The number of hydrogen-bond donors (Lipinski definition) is 1. The van der Waals surface area contributed by atoms with Gasteiger partial charge in [0.15, 0.2) is 0 Å². The number of carbonyl (C=O) groups is 1. The lowest BCUT2D eigenvalue weighted by Gasteiger charge is -2.35. The highest BCUT2D eigenvalue weighted by Crippen LogP contribution is 2.30. The first-order valence-corrected chi connectivity index (χ1v) is 9.89. The number of H-pyrrole nitrogens is 1. The highest BCUT2D eigenvalue weighted by molar-refractivity contribution is 5.80. The molecule has 5 rings (SSSR count). The third kappa shape index (κ3) is 2.89. The van der Waals surface area contributed by atoms with Gasteiger partial charge in [0.25, 0.3) is 0 Å². The summed E-state index contributed by atoms with van der Waals surface area (Å²) in [6.45, 7) is 1.79. The molecule has 1 atom stereocenters. The second-order valence-electron chi connectivity index (χ2n) is 7.69. The molecule has 0 saturated carbocycles. The zero-order valence-corrected chi connectivity index (χ0v) is 15.6. The molecule has 1 unspecified atom stereocenters. The summed E-state index contributed by atoms with van der Waals surface area (Å²) in [5.41, 5.74) is 2.84. The second-order valence-corrected chi connectivity index (χ2v) is 7.69. The van der Waals surface area contributed by atoms with E-state index in [1.54, 1.807) is 0 Å². The molecule has 1 N–H and O–H groups in total. The number of carbonyl (C=O) groups excluding carboxylic acids is 1. The minimum absolute atomic E-state index is 0.0664. The molecule has 28 heavy (non-hydrogen) atoms. The van der Waals surface area contributed by atoms with Crippen LogP contribution in [0.4, 0.5) is 0 Å². The molecule has 2 aliphatic heterocycles. The van der Waals surface area contributed by atoms with Gasteiger partial charge in [0.1, 0.15) is 12.4 Å². The van der Waals surface area contributed by atoms with Gasteiger partial charge in [-0.2, -0.15) is 0 Å². The maximum Gasteiger partial charge on any atom is 0.326 e. The highest BCUT2D eigenvalue weighted by atomic mass is 16.5. The van der Waals surface area contributed by atoms with Gasteiger partial charge in [0, 0.05) is 19.1 Å². The van der Waals surface area contributed by atoms with E-state index in [9.17, 15) is 9.59 Å². The Morgan fingerprint density at radius 3 is 2.64 bits per heavy atom. The van der Waals surface area contributed by atoms with E-state index in [-0.39, 0.29) is 23.6 Å². The van der Waals surface area contributed by atoms with Gasteiger partial charge in [0.2, 0.25) is 5.91 Å². The zero-order chi connectivity index (χ0) is 19.1. The number of aromatic amines is 1. The zero-order valence-electron chi connectivity index (χ0n) is 15.6. The molecule has 0 spiro atoms. The highest BCUT2D eigenvalue weighted by Gasteiger charge is 2.32. The van der Waals surface area contributed by atoms with Crippen molar-refractivity contribution in [1.29, 1.82) is 0 Å². The summed E-state index contributed by atoms with van der Waals surface area (Å²) >= 11 is 0. The largest absolute Gasteiger partial charge is 0.492 e. The van der Waals surface area contributed by atoms with Crippen LogP contribution in [0.15, 0.2) is 53.3 Å². The first-order valence-electron chi connectivity index (χ1n) is 9.89. The van der Waals surface area contributed by atoms with Crippen molar-refractivity contribution < 1.29 is 9.53 Å². The third-order valence-corrected chi connectivity index (χ3v) is 5.99. The van der Waals surface area contributed by atoms with Crippen LogP contribution in [0, 0.1) is 5.92 Å². The molecule has 3 aromatic rings. The Morgan fingerprint density at radius 1 is 1.04 bits per heavy atom. The molecule has 0 radical (unpaired) electrons. The number of fused-ring (bicyclic) bond motifs is 2. The Labute approximate surface area is 162 Å². The molecule has 1 saturated heterocycles. The molecule has 3 heterocycles. The molecule has 144 valence electrons. The van der Waals surface area contributed by atoms with Crippen molar-refractivity contribution in [3.05, 3.63) is 64.6 Å². The van der Waals surface area contributed by atoms with Crippen molar-refractivity contribution in [3.8, 4) is 5.75 Å². The fraction of sp³-hybridized carbons (Fsp3) is 0.364. The minimum Gasteiger partial charge on any atom is -0.492 e. The van der Waals surface area contributed by atoms with Crippen LogP contribution in [0.3, 0.4) is 0 Å². The van der Waals surface area contributed by atoms with E-state index in [1.165, 1.54) is 0 Å². The normalized spacial score (nSPS) is 20.0. The Bertz CT molecular complexity index is 1080. The second kappa shape index (κ2) is 6.86. The smallest absolute Gasteiger partial charge is 0.326 e. The Morgan fingerprint density at radius 2 is 1.79 bits per heavy atom. The Balaban J connectivity index is 1.28. The number of nitrogens with one attached hydrogen (secondary N) is 1. The molecule has 0 aliphatic carbocycles. The number of para-hydroxylation sites is 3. The van der Waals surface area contributed by atoms with E-state index >= 15 is 0 Å². The van der Waals surface area contributed by atoms with Crippen LogP contribution in [-0.2, 0) is 11.2 Å². The molecule has 0 bridgehead atoms. The molecule has 6 heteroatoms. The molecular weight excluding hydrogens is 354 g/mol. The van der Waals surface area contributed by atoms with Gasteiger partial charge >= 0.3 is 5.69 Å². The van der Waals surface area contributed by atoms with Crippen LogP contribution in [0.2, 0.25) is 0 Å². The van der Waals surface area contributed by atoms with Crippen LogP contribution < -0.4 is 10.4 Å². The van der Waals surface area contributed by atoms with Crippen LogP contribution in [0.25, 0.3) is 11.0 Å². The van der Waals surface area contributed by atoms with Gasteiger partial charge in [0.05, 0.1) is 17.0 Å². The first-order chi connectivity index (χ1) is 13.7. The summed E-state index contributed by atoms with van der Waals surface area (Å²) in [4.78, 5) is 30.3. The van der Waals surface area contributed by atoms with Gasteiger partial charge in [-0.15, -0.1) is 0 Å². The molecule has 6 nitrogen and oxygen atoms in total. The predicted molar refractivity (Wildman–Crippen MR) is 107 cm³/mol. The average Bonchev–Trinajstić information content (AvgIpc) is 3.08. The Hall–Kier alpha value is -3.02. The van der Waals surface area contributed by atoms with Crippen LogP contribution >= 0.6 is 0 Å². The molecule has 1 amide bonds. The van der Waals surface area contributed by atoms with Crippen molar-refractivity contribution in [2.45, 2.75) is 25.3 Å². The number of imidazole rings is 1. The van der Waals surface area contributed by atoms with E-state index < -0.39 is 0 Å². The van der Waals surface area contributed by atoms with Crippen LogP contribution in [0.5, 0.6) is 5.75 Å². The van der Waals surface area contributed by atoms with Crippen LogP contribution in [0.1, 0.15) is 24.4 Å². The number of hydrogen-bond acceptors (Lipinski definition) is 3. The lowest BCUT2D eigenvalue weighted by molar-refractivity contribution is -0.138. The molecular formula is C22H23N3O3. The summed E-state index contributed by atoms with van der Waals surface area (Å²) in [7, 11) is 0. The molecule has 1 aromatic heterocycles. The SMILES string of the molecule is O=C(C1COc2ccccc2C1)N1CCC(n2c(=O)[nH]c3ccccc32)CC1. The summed E-state index contributed by atoms with van der Waals surface area (Å²) in [5, 5.41) is 0. The minimum atomic E-state index is -0.123. The maximum absolute atomic E-state index is 13.0. The Kier molecular flexibility index (Phi) is 4.19. The van der Waals surface area contributed by atoms with Crippen molar-refractivity contribution >= 4 is 16.9 Å². The van der Waals surface area contributed by atoms with Gasteiger partial charge < -0.3 is 14.6 Å². The van der Waals surface area contributed by atoms with Gasteiger partial charge in [-0.1, -0.05) is 30.3 Å². The average molecular weight is 377 g/mol. The third-order valence-electron chi connectivity index (χ3n) is 5.99. The fourth-order valence-electron chi connectivity index (χ4n) is 4.53. The summed E-state index contributed by atoms with van der Waals surface area (Å²) in [6.07, 6.45) is 2.31.